The van der Waals surface area contributed by atoms with Gasteiger partial charge in [-0.05, 0) is 31.3 Å². The average Bonchev–Trinajstić information content (AvgIpc) is 2.24. The molecule has 0 spiro atoms. The van der Waals surface area contributed by atoms with Crippen LogP contribution in [0.25, 0.3) is 0 Å². The summed E-state index contributed by atoms with van der Waals surface area (Å²) in [5, 5.41) is 3.56. The fourth-order valence-corrected chi connectivity index (χ4v) is 1.73. The Kier molecular flexibility index (Phi) is 10.4. The molecule has 0 radical (unpaired) electrons. The molecule has 1 N–H and O–H groups in total. The molecule has 0 fully saturated rings. The van der Waals surface area contributed by atoms with Gasteiger partial charge in [-0.3, -0.25) is 0 Å². The quantitative estimate of drug-likeness (QED) is 0.536. The van der Waals surface area contributed by atoms with Crippen LogP contribution in [0, 0.1) is 11.8 Å². The van der Waals surface area contributed by atoms with Crippen molar-refractivity contribution in [2.45, 2.75) is 66.2 Å². The third kappa shape index (κ3) is 10.2. The molecule has 0 bridgehead atoms. The molecule has 1 heteroatoms. The summed E-state index contributed by atoms with van der Waals surface area (Å²) < 4.78 is 0. The Balaban J connectivity index is 3.19. The van der Waals surface area contributed by atoms with Gasteiger partial charge in [0, 0.05) is 0 Å². The molecule has 0 aromatic carbocycles. The van der Waals surface area contributed by atoms with Crippen LogP contribution in [-0.2, 0) is 0 Å². The van der Waals surface area contributed by atoms with Gasteiger partial charge in [0.1, 0.15) is 0 Å². The van der Waals surface area contributed by atoms with E-state index in [4.69, 9.17) is 0 Å². The molecular formula is C14H31N. The molecule has 0 saturated heterocycles. The van der Waals surface area contributed by atoms with Gasteiger partial charge in [0.15, 0.2) is 0 Å². The summed E-state index contributed by atoms with van der Waals surface area (Å²) in [6.07, 6.45) is 8.23. The molecule has 2 unspecified atom stereocenters. The van der Waals surface area contributed by atoms with Gasteiger partial charge in [-0.25, -0.2) is 0 Å². The highest BCUT2D eigenvalue weighted by molar-refractivity contribution is 4.59. The molecule has 92 valence electrons. The van der Waals surface area contributed by atoms with Crippen LogP contribution in [0.1, 0.15) is 66.2 Å². The van der Waals surface area contributed by atoms with Crippen molar-refractivity contribution >= 4 is 0 Å². The highest BCUT2D eigenvalue weighted by Gasteiger charge is 2.02. The number of hydrogen-bond donors (Lipinski definition) is 1. The van der Waals surface area contributed by atoms with Crippen molar-refractivity contribution in [3.05, 3.63) is 0 Å². The lowest BCUT2D eigenvalue weighted by Gasteiger charge is -2.13. The molecule has 1 nitrogen and oxygen atoms in total. The van der Waals surface area contributed by atoms with Gasteiger partial charge in [0.2, 0.25) is 0 Å². The van der Waals surface area contributed by atoms with Crippen LogP contribution in [0.4, 0.5) is 0 Å². The highest BCUT2D eigenvalue weighted by atomic mass is 14.8. The molecule has 0 aliphatic heterocycles. The Morgan fingerprint density at radius 2 is 1.67 bits per heavy atom. The van der Waals surface area contributed by atoms with E-state index in [1.807, 2.05) is 0 Å². The summed E-state index contributed by atoms with van der Waals surface area (Å²) in [5.41, 5.74) is 0. The van der Waals surface area contributed by atoms with Crippen LogP contribution in [0.5, 0.6) is 0 Å². The van der Waals surface area contributed by atoms with E-state index in [1.54, 1.807) is 0 Å². The highest BCUT2D eigenvalue weighted by Crippen LogP contribution is 2.12. The first-order chi connectivity index (χ1) is 7.20. The van der Waals surface area contributed by atoms with E-state index < -0.39 is 0 Å². The van der Waals surface area contributed by atoms with Crippen LogP contribution in [0.3, 0.4) is 0 Å². The van der Waals surface area contributed by atoms with Gasteiger partial charge in [-0.15, -0.1) is 0 Å². The van der Waals surface area contributed by atoms with E-state index in [9.17, 15) is 0 Å². The van der Waals surface area contributed by atoms with Gasteiger partial charge in [-0.1, -0.05) is 59.8 Å². The molecule has 2 atom stereocenters. The minimum atomic E-state index is 0.834. The zero-order valence-electron chi connectivity index (χ0n) is 11.3. The Morgan fingerprint density at radius 3 is 2.27 bits per heavy atom. The topological polar surface area (TPSA) is 12.0 Å². The van der Waals surface area contributed by atoms with Gasteiger partial charge < -0.3 is 5.32 Å². The van der Waals surface area contributed by atoms with Gasteiger partial charge >= 0.3 is 0 Å². The SMILES string of the molecule is CCCCCC(C)CCNCC(C)CC. The van der Waals surface area contributed by atoms with E-state index in [0.29, 0.717) is 0 Å². The minimum absolute atomic E-state index is 0.834. The van der Waals surface area contributed by atoms with Crippen molar-refractivity contribution in [2.24, 2.45) is 11.8 Å². The van der Waals surface area contributed by atoms with Crippen molar-refractivity contribution in [3.8, 4) is 0 Å². The molecule has 0 amide bonds. The molecular weight excluding hydrogens is 182 g/mol. The van der Waals surface area contributed by atoms with E-state index in [-0.39, 0.29) is 0 Å². The molecule has 0 saturated carbocycles. The fourth-order valence-electron chi connectivity index (χ4n) is 1.73. The Hall–Kier alpha value is -0.0400. The maximum Gasteiger partial charge on any atom is -0.00233 e. The Morgan fingerprint density at radius 1 is 0.933 bits per heavy atom. The Labute approximate surface area is 97.0 Å². The summed E-state index contributed by atoms with van der Waals surface area (Å²) >= 11 is 0. The predicted octanol–water partition coefficient (Wildman–Crippen LogP) is 4.23. The summed E-state index contributed by atoms with van der Waals surface area (Å²) in [7, 11) is 0. The maximum absolute atomic E-state index is 3.56. The zero-order chi connectivity index (χ0) is 11.5. The third-order valence-electron chi connectivity index (χ3n) is 3.30. The largest absolute Gasteiger partial charge is 0.316 e. The van der Waals surface area contributed by atoms with Gasteiger partial charge in [0.05, 0.1) is 0 Å². The second-order valence-corrected chi connectivity index (χ2v) is 5.11. The maximum atomic E-state index is 3.56. The molecule has 0 aromatic rings. The summed E-state index contributed by atoms with van der Waals surface area (Å²) in [6.45, 7) is 11.6. The lowest BCUT2D eigenvalue weighted by atomic mass is 10.00. The van der Waals surface area contributed by atoms with E-state index in [2.05, 4.69) is 33.0 Å². The first-order valence-electron chi connectivity index (χ1n) is 6.91. The van der Waals surface area contributed by atoms with Gasteiger partial charge in [-0.2, -0.15) is 0 Å². The zero-order valence-corrected chi connectivity index (χ0v) is 11.3. The molecule has 15 heavy (non-hydrogen) atoms. The predicted molar refractivity (Wildman–Crippen MR) is 70.2 cm³/mol. The molecule has 0 aliphatic carbocycles. The number of hydrogen-bond acceptors (Lipinski definition) is 1. The van der Waals surface area contributed by atoms with Crippen molar-refractivity contribution in [1.82, 2.24) is 5.32 Å². The van der Waals surface area contributed by atoms with E-state index in [0.717, 1.165) is 11.8 Å². The lowest BCUT2D eigenvalue weighted by molar-refractivity contribution is 0.428. The van der Waals surface area contributed by atoms with Crippen LogP contribution in [0.2, 0.25) is 0 Å². The van der Waals surface area contributed by atoms with Gasteiger partial charge in [0.25, 0.3) is 0 Å². The summed E-state index contributed by atoms with van der Waals surface area (Å²) in [5.74, 6) is 1.74. The number of unbranched alkanes of at least 4 members (excludes halogenated alkanes) is 2. The van der Waals surface area contributed by atoms with Crippen molar-refractivity contribution < 1.29 is 0 Å². The second kappa shape index (κ2) is 10.5. The third-order valence-corrected chi connectivity index (χ3v) is 3.30. The standard InChI is InChI=1S/C14H31N/c1-5-7-8-9-14(4)10-11-15-12-13(3)6-2/h13-15H,5-12H2,1-4H3. The minimum Gasteiger partial charge on any atom is -0.316 e. The van der Waals surface area contributed by atoms with Crippen molar-refractivity contribution in [3.63, 3.8) is 0 Å². The van der Waals surface area contributed by atoms with Crippen LogP contribution < -0.4 is 5.32 Å². The number of rotatable bonds is 10. The van der Waals surface area contributed by atoms with E-state index in [1.165, 1.54) is 51.6 Å². The summed E-state index contributed by atoms with van der Waals surface area (Å²) in [4.78, 5) is 0. The van der Waals surface area contributed by atoms with Crippen LogP contribution in [-0.4, -0.2) is 13.1 Å². The lowest BCUT2D eigenvalue weighted by Crippen LogP contribution is -2.23. The smallest absolute Gasteiger partial charge is 0.00233 e. The molecule has 0 aromatic heterocycles. The Bertz CT molecular complexity index is 123. The number of nitrogens with one attached hydrogen (secondary N) is 1. The molecule has 0 rings (SSSR count). The van der Waals surface area contributed by atoms with Crippen molar-refractivity contribution in [1.29, 1.82) is 0 Å². The average molecular weight is 213 g/mol. The fraction of sp³-hybridized carbons (Fsp3) is 1.00. The summed E-state index contributed by atoms with van der Waals surface area (Å²) in [6, 6.07) is 0. The molecule has 0 aliphatic rings. The normalized spacial score (nSPS) is 15.2. The van der Waals surface area contributed by atoms with Crippen LogP contribution >= 0.6 is 0 Å². The van der Waals surface area contributed by atoms with Crippen molar-refractivity contribution in [2.75, 3.05) is 13.1 Å². The van der Waals surface area contributed by atoms with Crippen LogP contribution in [0.15, 0.2) is 0 Å². The second-order valence-electron chi connectivity index (χ2n) is 5.11. The first kappa shape index (κ1) is 15.0. The van der Waals surface area contributed by atoms with E-state index >= 15 is 0 Å². The first-order valence-corrected chi connectivity index (χ1v) is 6.91. The monoisotopic (exact) mass is 213 g/mol. The molecule has 0 heterocycles.